The van der Waals surface area contributed by atoms with Crippen LogP contribution in [-0.2, 0) is 0 Å². The number of halogens is 1. The molecule has 0 spiro atoms. The van der Waals surface area contributed by atoms with Crippen molar-refractivity contribution in [2.24, 2.45) is 0 Å². The van der Waals surface area contributed by atoms with Gasteiger partial charge in [0.1, 0.15) is 5.82 Å². The monoisotopic (exact) mass is 250 g/mol. The van der Waals surface area contributed by atoms with Gasteiger partial charge in [-0.3, -0.25) is 4.90 Å². The Morgan fingerprint density at radius 3 is 2.67 bits per heavy atom. The number of hydrogen-bond acceptors (Lipinski definition) is 2. The molecule has 2 nitrogen and oxygen atoms in total. The van der Waals surface area contributed by atoms with Crippen molar-refractivity contribution in [2.45, 2.75) is 38.8 Å². The Morgan fingerprint density at radius 1 is 1.28 bits per heavy atom. The van der Waals surface area contributed by atoms with Crippen LogP contribution in [0.2, 0.25) is 0 Å². The van der Waals surface area contributed by atoms with E-state index in [0.717, 1.165) is 12.1 Å². The molecule has 1 aromatic carbocycles. The topological polar surface area (TPSA) is 15.3 Å². The van der Waals surface area contributed by atoms with Gasteiger partial charge in [-0.25, -0.2) is 4.39 Å². The highest BCUT2D eigenvalue weighted by molar-refractivity contribution is 5.19. The van der Waals surface area contributed by atoms with Gasteiger partial charge in [-0.1, -0.05) is 12.1 Å². The average molecular weight is 250 g/mol. The molecule has 2 atom stereocenters. The minimum absolute atomic E-state index is 0.159. The van der Waals surface area contributed by atoms with Gasteiger partial charge in [0.05, 0.1) is 0 Å². The van der Waals surface area contributed by atoms with Crippen LogP contribution < -0.4 is 5.32 Å². The fraction of sp³-hybridized carbons (Fsp3) is 0.600. The second-order valence-corrected chi connectivity index (χ2v) is 5.28. The first kappa shape index (κ1) is 13.5. The van der Waals surface area contributed by atoms with E-state index in [0.29, 0.717) is 6.04 Å². The van der Waals surface area contributed by atoms with Crippen LogP contribution in [0.4, 0.5) is 4.39 Å². The van der Waals surface area contributed by atoms with Crippen molar-refractivity contribution in [2.75, 3.05) is 19.6 Å². The predicted molar refractivity (Wildman–Crippen MR) is 73.1 cm³/mol. The maximum Gasteiger partial charge on any atom is 0.123 e. The Labute approximate surface area is 109 Å². The lowest BCUT2D eigenvalue weighted by Crippen LogP contribution is -2.39. The molecule has 0 radical (unpaired) electrons. The molecule has 1 N–H and O–H groups in total. The van der Waals surface area contributed by atoms with Gasteiger partial charge >= 0.3 is 0 Å². The zero-order valence-corrected chi connectivity index (χ0v) is 11.3. The van der Waals surface area contributed by atoms with Gasteiger partial charge in [0, 0.05) is 18.6 Å². The fourth-order valence-electron chi connectivity index (χ4n) is 2.55. The first-order valence-electron chi connectivity index (χ1n) is 6.89. The SMILES string of the molecule is CC(NCC(C)N1CCCC1)c1cccc(F)c1. The van der Waals surface area contributed by atoms with Crippen LogP contribution in [0.25, 0.3) is 0 Å². The van der Waals surface area contributed by atoms with E-state index in [1.165, 1.54) is 32.0 Å². The summed E-state index contributed by atoms with van der Waals surface area (Å²) in [4.78, 5) is 2.52. The van der Waals surface area contributed by atoms with Crippen LogP contribution in [0.15, 0.2) is 24.3 Å². The summed E-state index contributed by atoms with van der Waals surface area (Å²) >= 11 is 0. The average Bonchev–Trinajstić information content (AvgIpc) is 2.89. The number of likely N-dealkylation sites (tertiary alicyclic amines) is 1. The lowest BCUT2D eigenvalue weighted by Gasteiger charge is -2.26. The molecule has 0 bridgehead atoms. The quantitative estimate of drug-likeness (QED) is 0.864. The third kappa shape index (κ3) is 3.53. The number of nitrogens with zero attached hydrogens (tertiary/aromatic N) is 1. The molecule has 1 fully saturated rings. The summed E-state index contributed by atoms with van der Waals surface area (Å²) < 4.78 is 13.1. The molecule has 1 aliphatic heterocycles. The predicted octanol–water partition coefficient (Wildman–Crippen LogP) is 2.96. The van der Waals surface area contributed by atoms with Gasteiger partial charge in [-0.15, -0.1) is 0 Å². The number of hydrogen-bond donors (Lipinski definition) is 1. The molecule has 2 unspecified atom stereocenters. The van der Waals surface area contributed by atoms with E-state index in [4.69, 9.17) is 0 Å². The normalized spacial score (nSPS) is 19.9. The highest BCUT2D eigenvalue weighted by Gasteiger charge is 2.18. The van der Waals surface area contributed by atoms with Crippen molar-refractivity contribution in [1.29, 1.82) is 0 Å². The largest absolute Gasteiger partial charge is 0.309 e. The summed E-state index contributed by atoms with van der Waals surface area (Å²) in [5.74, 6) is -0.159. The van der Waals surface area contributed by atoms with E-state index in [-0.39, 0.29) is 11.9 Å². The second kappa shape index (κ2) is 6.30. The lowest BCUT2D eigenvalue weighted by molar-refractivity contribution is 0.247. The molecule has 0 saturated carbocycles. The summed E-state index contributed by atoms with van der Waals surface area (Å²) in [6.07, 6.45) is 2.65. The van der Waals surface area contributed by atoms with E-state index in [1.807, 2.05) is 6.07 Å². The highest BCUT2D eigenvalue weighted by Crippen LogP contribution is 2.15. The Hall–Kier alpha value is -0.930. The zero-order valence-electron chi connectivity index (χ0n) is 11.3. The smallest absolute Gasteiger partial charge is 0.123 e. The van der Waals surface area contributed by atoms with E-state index in [2.05, 4.69) is 24.1 Å². The number of benzene rings is 1. The fourth-order valence-corrected chi connectivity index (χ4v) is 2.55. The van der Waals surface area contributed by atoms with E-state index < -0.39 is 0 Å². The Bertz CT molecular complexity index is 375. The van der Waals surface area contributed by atoms with Crippen molar-refractivity contribution >= 4 is 0 Å². The summed E-state index contributed by atoms with van der Waals surface area (Å²) in [5, 5.41) is 3.49. The Balaban J connectivity index is 1.82. The molecule has 3 heteroatoms. The van der Waals surface area contributed by atoms with E-state index in [1.54, 1.807) is 12.1 Å². The van der Waals surface area contributed by atoms with Crippen LogP contribution >= 0.6 is 0 Å². The molecule has 0 aliphatic carbocycles. The van der Waals surface area contributed by atoms with E-state index in [9.17, 15) is 4.39 Å². The van der Waals surface area contributed by atoms with Gasteiger partial charge in [-0.05, 0) is 57.5 Å². The first-order chi connectivity index (χ1) is 8.66. The maximum atomic E-state index is 13.1. The van der Waals surface area contributed by atoms with Crippen molar-refractivity contribution in [3.63, 3.8) is 0 Å². The standard InChI is InChI=1S/C15H23FN2/c1-12(18-8-3-4-9-18)11-17-13(2)14-6-5-7-15(16)10-14/h5-7,10,12-13,17H,3-4,8-9,11H2,1-2H3. The lowest BCUT2D eigenvalue weighted by atomic mass is 10.1. The van der Waals surface area contributed by atoms with Crippen LogP contribution in [0.1, 0.15) is 38.3 Å². The van der Waals surface area contributed by atoms with Crippen molar-refractivity contribution in [3.05, 3.63) is 35.6 Å². The molecule has 0 aromatic heterocycles. The minimum Gasteiger partial charge on any atom is -0.309 e. The zero-order chi connectivity index (χ0) is 13.0. The molecule has 100 valence electrons. The summed E-state index contributed by atoms with van der Waals surface area (Å²) in [7, 11) is 0. The maximum absolute atomic E-state index is 13.1. The molecule has 2 rings (SSSR count). The van der Waals surface area contributed by atoms with Crippen LogP contribution in [0.5, 0.6) is 0 Å². The van der Waals surface area contributed by atoms with Gasteiger partial charge < -0.3 is 5.32 Å². The molecule has 18 heavy (non-hydrogen) atoms. The Kier molecular flexibility index (Phi) is 4.72. The highest BCUT2D eigenvalue weighted by atomic mass is 19.1. The van der Waals surface area contributed by atoms with Crippen molar-refractivity contribution in [3.8, 4) is 0 Å². The molecule has 0 amide bonds. The molecule has 1 saturated heterocycles. The molecule has 1 aromatic rings. The second-order valence-electron chi connectivity index (χ2n) is 5.28. The molecular formula is C15H23FN2. The van der Waals surface area contributed by atoms with Crippen LogP contribution in [0, 0.1) is 5.82 Å². The third-order valence-corrected chi connectivity index (χ3v) is 3.83. The molecule has 1 heterocycles. The summed E-state index contributed by atoms with van der Waals surface area (Å²) in [5.41, 5.74) is 1.02. The summed E-state index contributed by atoms with van der Waals surface area (Å²) in [6.45, 7) is 7.74. The van der Waals surface area contributed by atoms with Crippen LogP contribution in [-0.4, -0.2) is 30.6 Å². The van der Waals surface area contributed by atoms with Gasteiger partial charge in [-0.2, -0.15) is 0 Å². The van der Waals surface area contributed by atoms with Crippen LogP contribution in [0.3, 0.4) is 0 Å². The van der Waals surface area contributed by atoms with Gasteiger partial charge in [0.25, 0.3) is 0 Å². The molecule has 1 aliphatic rings. The number of nitrogens with one attached hydrogen (secondary N) is 1. The minimum atomic E-state index is -0.159. The van der Waals surface area contributed by atoms with Crippen molar-refractivity contribution in [1.82, 2.24) is 10.2 Å². The third-order valence-electron chi connectivity index (χ3n) is 3.83. The Morgan fingerprint density at radius 2 is 2.00 bits per heavy atom. The van der Waals surface area contributed by atoms with E-state index >= 15 is 0 Å². The first-order valence-corrected chi connectivity index (χ1v) is 6.89. The van der Waals surface area contributed by atoms with Gasteiger partial charge in [0.15, 0.2) is 0 Å². The van der Waals surface area contributed by atoms with Gasteiger partial charge in [0.2, 0.25) is 0 Å². The molecular weight excluding hydrogens is 227 g/mol. The summed E-state index contributed by atoms with van der Waals surface area (Å²) in [6, 6.07) is 7.60. The number of rotatable bonds is 5. The van der Waals surface area contributed by atoms with Crippen molar-refractivity contribution < 1.29 is 4.39 Å².